The highest BCUT2D eigenvalue weighted by molar-refractivity contribution is 6.36. The van der Waals surface area contributed by atoms with Crippen LogP contribution >= 0.6 is 0 Å². The molecule has 0 bridgehead atoms. The Labute approximate surface area is 162 Å². The van der Waals surface area contributed by atoms with E-state index in [1.54, 1.807) is 0 Å². The largest absolute Gasteiger partial charge is 0.348 e. The number of likely N-dealkylation sites (N-methyl/N-ethyl adjacent to an activating group) is 1. The summed E-state index contributed by atoms with van der Waals surface area (Å²) in [6.45, 7) is 3.48. The van der Waals surface area contributed by atoms with Gasteiger partial charge in [-0.3, -0.25) is 9.59 Å². The summed E-state index contributed by atoms with van der Waals surface area (Å²) in [6.07, 6.45) is 20.0. The lowest BCUT2D eigenvalue weighted by molar-refractivity contribution is -0.137. The molecule has 0 aromatic carbocycles. The quantitative estimate of drug-likeness (QED) is 0.231. The first-order valence-corrected chi connectivity index (χ1v) is 11.2. The van der Waals surface area contributed by atoms with E-state index in [-0.39, 0.29) is 5.78 Å². The minimum Gasteiger partial charge on any atom is -0.348 e. The number of unbranched alkanes of at least 4 members (excludes halogenated alkanes) is 14. The van der Waals surface area contributed by atoms with Crippen LogP contribution in [0.2, 0.25) is 0 Å². The van der Waals surface area contributed by atoms with Crippen LogP contribution < -0.4 is 10.6 Å². The third-order valence-electron chi connectivity index (χ3n) is 4.92. The second kappa shape index (κ2) is 20.4. The molecule has 0 aliphatic heterocycles. The number of nitrogens with one attached hydrogen (secondary N) is 2. The molecule has 26 heavy (non-hydrogen) atoms. The summed E-state index contributed by atoms with van der Waals surface area (Å²) in [7, 11) is 1.82. The summed E-state index contributed by atoms with van der Waals surface area (Å²) in [5.74, 6) is -0.693. The van der Waals surface area contributed by atoms with Crippen LogP contribution in [0.5, 0.6) is 0 Å². The van der Waals surface area contributed by atoms with Crippen molar-refractivity contribution in [2.75, 3.05) is 20.1 Å². The third-order valence-corrected chi connectivity index (χ3v) is 4.92. The van der Waals surface area contributed by atoms with Crippen molar-refractivity contribution in [1.29, 1.82) is 0 Å². The highest BCUT2D eigenvalue weighted by Gasteiger charge is 2.11. The maximum absolute atomic E-state index is 11.6. The lowest BCUT2D eigenvalue weighted by Gasteiger charge is -2.04. The number of amides is 1. The molecule has 0 aliphatic rings. The molecule has 0 heterocycles. The van der Waals surface area contributed by atoms with Gasteiger partial charge in [-0.15, -0.1) is 0 Å². The highest BCUT2D eigenvalue weighted by atomic mass is 16.2. The Bertz CT molecular complexity index is 332. The monoisotopic (exact) mass is 368 g/mol. The Kier molecular flexibility index (Phi) is 19.7. The van der Waals surface area contributed by atoms with Crippen LogP contribution in [-0.2, 0) is 9.59 Å². The predicted molar refractivity (Wildman–Crippen MR) is 111 cm³/mol. The molecule has 0 unspecified atom stereocenters. The molecule has 0 rings (SSSR count). The molecule has 4 nitrogen and oxygen atoms in total. The van der Waals surface area contributed by atoms with E-state index in [0.717, 1.165) is 12.8 Å². The van der Waals surface area contributed by atoms with E-state index >= 15 is 0 Å². The van der Waals surface area contributed by atoms with Crippen LogP contribution in [-0.4, -0.2) is 31.8 Å². The van der Waals surface area contributed by atoms with E-state index in [1.807, 2.05) is 7.05 Å². The standard InChI is InChI=1S/C22H44N2O2/c1-3-4-5-6-7-8-9-10-11-12-13-14-15-16-17-18-21(25)22(26)24-20-19-23-2/h23H,3-20H2,1-2H3,(H,24,26). The van der Waals surface area contributed by atoms with Crippen molar-refractivity contribution in [2.24, 2.45) is 0 Å². The maximum atomic E-state index is 11.6. The molecule has 0 fully saturated rings. The van der Waals surface area contributed by atoms with Crippen LogP contribution in [0.3, 0.4) is 0 Å². The smallest absolute Gasteiger partial charge is 0.287 e. The molecule has 0 saturated carbocycles. The summed E-state index contributed by atoms with van der Waals surface area (Å²) in [6, 6.07) is 0. The number of hydrogen-bond donors (Lipinski definition) is 2. The summed E-state index contributed by atoms with van der Waals surface area (Å²) in [5.41, 5.74) is 0. The molecule has 1 amide bonds. The van der Waals surface area contributed by atoms with Gasteiger partial charge in [0, 0.05) is 19.5 Å². The van der Waals surface area contributed by atoms with E-state index in [4.69, 9.17) is 0 Å². The average molecular weight is 369 g/mol. The van der Waals surface area contributed by atoms with Gasteiger partial charge in [0.05, 0.1) is 0 Å². The maximum Gasteiger partial charge on any atom is 0.287 e. The minimum absolute atomic E-state index is 0.268. The van der Waals surface area contributed by atoms with Crippen molar-refractivity contribution >= 4 is 11.7 Å². The van der Waals surface area contributed by atoms with Gasteiger partial charge in [-0.25, -0.2) is 0 Å². The first-order valence-electron chi connectivity index (χ1n) is 11.2. The molecular formula is C22H44N2O2. The normalized spacial score (nSPS) is 10.8. The molecule has 0 atom stereocenters. The highest BCUT2D eigenvalue weighted by Crippen LogP contribution is 2.13. The third kappa shape index (κ3) is 17.9. The van der Waals surface area contributed by atoms with Crippen LogP contribution in [0.4, 0.5) is 0 Å². The number of carbonyl (C=O) groups excluding carboxylic acids is 2. The number of rotatable bonds is 20. The average Bonchev–Trinajstić information content (AvgIpc) is 2.64. The van der Waals surface area contributed by atoms with Gasteiger partial charge >= 0.3 is 0 Å². The van der Waals surface area contributed by atoms with Gasteiger partial charge in [0.25, 0.3) is 5.91 Å². The summed E-state index contributed by atoms with van der Waals surface area (Å²) >= 11 is 0. The molecule has 0 spiro atoms. The Hall–Kier alpha value is -0.900. The number of carbonyl (C=O) groups is 2. The molecule has 2 N–H and O–H groups in total. The van der Waals surface area contributed by atoms with E-state index < -0.39 is 5.91 Å². The van der Waals surface area contributed by atoms with Gasteiger partial charge in [-0.1, -0.05) is 96.8 Å². The van der Waals surface area contributed by atoms with Gasteiger partial charge in [0.1, 0.15) is 0 Å². The Morgan fingerprint density at radius 3 is 1.46 bits per heavy atom. The lowest BCUT2D eigenvalue weighted by atomic mass is 10.0. The number of ketones is 1. The van der Waals surface area contributed by atoms with Crippen molar-refractivity contribution in [3.63, 3.8) is 0 Å². The molecule has 0 aliphatic carbocycles. The summed E-state index contributed by atoms with van der Waals surface area (Å²) < 4.78 is 0. The van der Waals surface area contributed by atoms with Crippen LogP contribution in [0.15, 0.2) is 0 Å². The van der Waals surface area contributed by atoms with Crippen molar-refractivity contribution in [1.82, 2.24) is 10.6 Å². The lowest BCUT2D eigenvalue weighted by Crippen LogP contribution is -2.35. The van der Waals surface area contributed by atoms with Crippen LogP contribution in [0, 0.1) is 0 Å². The Balaban J connectivity index is 3.21. The topological polar surface area (TPSA) is 58.2 Å². The first kappa shape index (κ1) is 25.1. The SMILES string of the molecule is CCCCCCCCCCCCCCCCCC(=O)C(=O)NCCNC. The zero-order valence-electron chi connectivity index (χ0n) is 17.5. The fraction of sp³-hybridized carbons (Fsp3) is 0.909. The van der Waals surface area contributed by atoms with Gasteiger partial charge in [-0.2, -0.15) is 0 Å². The first-order chi connectivity index (χ1) is 12.7. The zero-order valence-corrected chi connectivity index (χ0v) is 17.5. The zero-order chi connectivity index (χ0) is 19.3. The number of Topliss-reactive ketones (excluding diaryl/α,β-unsaturated/α-hetero) is 1. The van der Waals surface area contributed by atoms with Gasteiger partial charge in [-0.05, 0) is 13.5 Å². The minimum atomic E-state index is -0.425. The Morgan fingerprint density at radius 2 is 1.04 bits per heavy atom. The summed E-state index contributed by atoms with van der Waals surface area (Å²) in [5, 5.41) is 5.57. The van der Waals surface area contributed by atoms with E-state index in [9.17, 15) is 9.59 Å². The van der Waals surface area contributed by atoms with Crippen LogP contribution in [0.25, 0.3) is 0 Å². The fourth-order valence-electron chi connectivity index (χ4n) is 3.17. The van der Waals surface area contributed by atoms with Gasteiger partial charge < -0.3 is 10.6 Å². The second-order valence-electron chi connectivity index (χ2n) is 7.48. The van der Waals surface area contributed by atoms with Crippen molar-refractivity contribution in [2.45, 2.75) is 110 Å². The van der Waals surface area contributed by atoms with E-state index in [2.05, 4.69) is 17.6 Å². The van der Waals surface area contributed by atoms with Crippen LogP contribution in [0.1, 0.15) is 110 Å². The molecule has 0 radical (unpaired) electrons. The Morgan fingerprint density at radius 1 is 0.615 bits per heavy atom. The molecule has 154 valence electrons. The van der Waals surface area contributed by atoms with E-state index in [0.29, 0.717) is 19.5 Å². The van der Waals surface area contributed by atoms with Crippen molar-refractivity contribution in [3.05, 3.63) is 0 Å². The van der Waals surface area contributed by atoms with Crippen molar-refractivity contribution < 1.29 is 9.59 Å². The molecular weight excluding hydrogens is 324 g/mol. The molecule has 4 heteroatoms. The number of hydrogen-bond acceptors (Lipinski definition) is 3. The predicted octanol–water partition coefficient (Wildman–Crippen LogP) is 5.15. The summed E-state index contributed by atoms with van der Waals surface area (Å²) in [4.78, 5) is 23.1. The molecule has 0 aromatic heterocycles. The van der Waals surface area contributed by atoms with Crippen molar-refractivity contribution in [3.8, 4) is 0 Å². The van der Waals surface area contributed by atoms with E-state index in [1.165, 1.54) is 83.5 Å². The molecule has 0 aromatic rings. The van der Waals surface area contributed by atoms with Gasteiger partial charge in [0.15, 0.2) is 0 Å². The fourth-order valence-corrected chi connectivity index (χ4v) is 3.17. The van der Waals surface area contributed by atoms with Gasteiger partial charge in [0.2, 0.25) is 5.78 Å². The second-order valence-corrected chi connectivity index (χ2v) is 7.48. The molecule has 0 saturated heterocycles.